The lowest BCUT2D eigenvalue weighted by Crippen LogP contribution is -2.57. The lowest BCUT2D eigenvalue weighted by molar-refractivity contribution is -0.148. The number of para-hydroxylation sites is 3. The van der Waals surface area contributed by atoms with Crippen LogP contribution in [0.25, 0.3) is 0 Å². The number of hydrogen-bond acceptors (Lipinski definition) is 5. The maximum Gasteiger partial charge on any atom is 0.321 e. The fraction of sp³-hybridized carbons (Fsp3) is 0.423. The third-order valence-electron chi connectivity index (χ3n) is 6.77. The van der Waals surface area contributed by atoms with Crippen molar-refractivity contribution in [2.45, 2.75) is 18.9 Å². The molecule has 1 N–H and O–H groups in total. The molecule has 2 aromatic rings. The third kappa shape index (κ3) is 5.18. The molecule has 184 valence electrons. The normalized spacial score (nSPS) is 21.9. The molecule has 0 aliphatic carbocycles. The molecule has 0 saturated carbocycles. The lowest BCUT2D eigenvalue weighted by Gasteiger charge is -2.40. The van der Waals surface area contributed by atoms with Crippen LogP contribution in [0.4, 0.5) is 10.5 Å². The number of carbonyl (C=O) groups is 3. The van der Waals surface area contributed by atoms with Crippen molar-refractivity contribution >= 4 is 23.5 Å². The van der Waals surface area contributed by atoms with E-state index in [1.165, 1.54) is 0 Å². The van der Waals surface area contributed by atoms with Gasteiger partial charge in [0.2, 0.25) is 12.0 Å². The van der Waals surface area contributed by atoms with Crippen LogP contribution in [0.1, 0.15) is 12.8 Å². The van der Waals surface area contributed by atoms with E-state index < -0.39 is 6.10 Å². The number of benzene rings is 2. The maximum atomic E-state index is 13.2. The van der Waals surface area contributed by atoms with Crippen molar-refractivity contribution in [3.8, 4) is 11.5 Å². The molecule has 0 radical (unpaired) electrons. The number of hydrogen-bond donors (Lipinski definition) is 1. The zero-order chi connectivity index (χ0) is 24.2. The number of likely N-dealkylation sites (tertiary alicyclic amines) is 1. The van der Waals surface area contributed by atoms with Gasteiger partial charge in [0.25, 0.3) is 5.91 Å². The smallest absolute Gasteiger partial charge is 0.321 e. The molecule has 35 heavy (non-hydrogen) atoms. The van der Waals surface area contributed by atoms with Crippen molar-refractivity contribution in [1.82, 2.24) is 14.7 Å². The minimum Gasteiger partial charge on any atom is -0.485 e. The van der Waals surface area contributed by atoms with E-state index in [0.717, 1.165) is 18.5 Å². The molecule has 2 unspecified atom stereocenters. The lowest BCUT2D eigenvalue weighted by atomic mass is 9.96. The average Bonchev–Trinajstić information content (AvgIpc) is 2.92. The summed E-state index contributed by atoms with van der Waals surface area (Å²) in [5, 5.41) is 2.90. The number of fused-ring (bicyclic) bond motifs is 1. The Kier molecular flexibility index (Phi) is 6.74. The number of piperidine rings is 1. The Hall–Kier alpha value is -3.75. The number of rotatable bonds is 3. The molecule has 0 aromatic heterocycles. The van der Waals surface area contributed by atoms with Gasteiger partial charge >= 0.3 is 6.03 Å². The van der Waals surface area contributed by atoms with Gasteiger partial charge in [-0.15, -0.1) is 0 Å². The number of anilines is 1. The summed E-state index contributed by atoms with van der Waals surface area (Å²) in [5.74, 6) is 0.933. The molecule has 3 aliphatic rings. The molecule has 2 fully saturated rings. The number of amides is 4. The van der Waals surface area contributed by atoms with Gasteiger partial charge in [0.15, 0.2) is 11.5 Å². The first kappa shape index (κ1) is 23.0. The van der Waals surface area contributed by atoms with Gasteiger partial charge in [0.1, 0.15) is 6.61 Å². The van der Waals surface area contributed by atoms with E-state index in [9.17, 15) is 14.4 Å². The van der Waals surface area contributed by atoms with Crippen LogP contribution < -0.4 is 14.8 Å². The Morgan fingerprint density at radius 3 is 2.17 bits per heavy atom. The Morgan fingerprint density at radius 1 is 0.771 bits per heavy atom. The first-order chi connectivity index (χ1) is 17.1. The van der Waals surface area contributed by atoms with Crippen LogP contribution in [0.3, 0.4) is 0 Å². The highest BCUT2D eigenvalue weighted by Gasteiger charge is 2.36. The molecule has 0 bridgehead atoms. The number of piperazine rings is 1. The van der Waals surface area contributed by atoms with E-state index in [-0.39, 0.29) is 30.4 Å². The highest BCUT2D eigenvalue weighted by molar-refractivity contribution is 5.90. The van der Waals surface area contributed by atoms with Crippen LogP contribution >= 0.6 is 0 Å². The molecule has 3 aliphatic heterocycles. The zero-order valence-electron chi connectivity index (χ0n) is 19.6. The van der Waals surface area contributed by atoms with Gasteiger partial charge in [0.05, 0.1) is 5.92 Å². The third-order valence-corrected chi connectivity index (χ3v) is 6.77. The summed E-state index contributed by atoms with van der Waals surface area (Å²) in [5.41, 5.74) is 0.738. The van der Waals surface area contributed by atoms with Crippen molar-refractivity contribution in [3.63, 3.8) is 0 Å². The summed E-state index contributed by atoms with van der Waals surface area (Å²) in [7, 11) is 0. The highest BCUT2D eigenvalue weighted by Crippen LogP contribution is 2.31. The van der Waals surface area contributed by atoms with E-state index in [1.807, 2.05) is 53.4 Å². The Labute approximate surface area is 204 Å². The Bertz CT molecular complexity index is 1070. The number of urea groups is 1. The van der Waals surface area contributed by atoms with E-state index in [2.05, 4.69) is 5.32 Å². The summed E-state index contributed by atoms with van der Waals surface area (Å²) in [6.07, 6.45) is 0.874. The van der Waals surface area contributed by atoms with E-state index in [4.69, 9.17) is 9.47 Å². The molecule has 5 rings (SSSR count). The largest absolute Gasteiger partial charge is 0.485 e. The standard InChI is InChI=1S/C26H30N4O5/c31-24(19-7-6-12-30(17-19)26(33)27-20-8-2-1-3-9-20)28-13-15-29(16-14-28)25(32)23-18-34-21-10-4-5-11-22(21)35-23/h1-5,8-11,19,23H,6-7,12-18H2,(H,27,33). The summed E-state index contributed by atoms with van der Waals surface area (Å²) < 4.78 is 11.5. The first-order valence-corrected chi connectivity index (χ1v) is 12.2. The van der Waals surface area contributed by atoms with Gasteiger partial charge in [0, 0.05) is 45.0 Å². The fourth-order valence-electron chi connectivity index (χ4n) is 4.84. The minimum atomic E-state index is -0.679. The Morgan fingerprint density at radius 2 is 1.43 bits per heavy atom. The number of ether oxygens (including phenoxy) is 2. The second-order valence-electron chi connectivity index (χ2n) is 9.10. The molecule has 2 atom stereocenters. The molecule has 2 aromatic carbocycles. The van der Waals surface area contributed by atoms with E-state index in [1.54, 1.807) is 15.9 Å². The van der Waals surface area contributed by atoms with Crippen molar-refractivity contribution in [1.29, 1.82) is 0 Å². The van der Waals surface area contributed by atoms with Gasteiger partial charge in [-0.05, 0) is 37.1 Å². The van der Waals surface area contributed by atoms with Crippen molar-refractivity contribution in [2.24, 2.45) is 5.92 Å². The minimum absolute atomic E-state index is 0.0560. The number of nitrogens with zero attached hydrogens (tertiary/aromatic N) is 3. The fourth-order valence-corrected chi connectivity index (χ4v) is 4.84. The SMILES string of the molecule is O=C(Nc1ccccc1)N1CCCC(C(=O)N2CCN(C(=O)C3COc4ccccc4O3)CC2)C1. The predicted molar refractivity (Wildman–Crippen MR) is 129 cm³/mol. The number of carbonyl (C=O) groups excluding carboxylic acids is 3. The van der Waals surface area contributed by atoms with E-state index in [0.29, 0.717) is 50.8 Å². The van der Waals surface area contributed by atoms with Crippen LogP contribution in [-0.2, 0) is 9.59 Å². The van der Waals surface area contributed by atoms with Crippen LogP contribution in [0, 0.1) is 5.92 Å². The monoisotopic (exact) mass is 478 g/mol. The second kappa shape index (κ2) is 10.2. The van der Waals surface area contributed by atoms with Gasteiger partial charge in [-0.1, -0.05) is 30.3 Å². The first-order valence-electron chi connectivity index (χ1n) is 12.2. The second-order valence-corrected chi connectivity index (χ2v) is 9.10. The van der Waals surface area contributed by atoms with Crippen LogP contribution in [0.2, 0.25) is 0 Å². The molecular weight excluding hydrogens is 448 g/mol. The summed E-state index contributed by atoms with van der Waals surface area (Å²) >= 11 is 0. The molecule has 9 heteroatoms. The predicted octanol–water partition coefficient (Wildman–Crippen LogP) is 2.44. The maximum absolute atomic E-state index is 13.2. The summed E-state index contributed by atoms with van der Waals surface area (Å²) in [4.78, 5) is 44.2. The van der Waals surface area contributed by atoms with Crippen molar-refractivity contribution < 1.29 is 23.9 Å². The molecular formula is C26H30N4O5. The van der Waals surface area contributed by atoms with Crippen LogP contribution in [0.5, 0.6) is 11.5 Å². The van der Waals surface area contributed by atoms with Crippen molar-refractivity contribution in [2.75, 3.05) is 51.2 Å². The van der Waals surface area contributed by atoms with Crippen LogP contribution in [0.15, 0.2) is 54.6 Å². The molecule has 0 spiro atoms. The summed E-state index contributed by atoms with van der Waals surface area (Å²) in [6.45, 7) is 3.08. The topological polar surface area (TPSA) is 91.4 Å². The van der Waals surface area contributed by atoms with Crippen molar-refractivity contribution in [3.05, 3.63) is 54.6 Å². The zero-order valence-corrected chi connectivity index (χ0v) is 19.6. The highest BCUT2D eigenvalue weighted by atomic mass is 16.6. The van der Waals surface area contributed by atoms with Gasteiger partial charge in [-0.2, -0.15) is 0 Å². The van der Waals surface area contributed by atoms with Crippen LogP contribution in [-0.4, -0.2) is 84.5 Å². The van der Waals surface area contributed by atoms with E-state index >= 15 is 0 Å². The van der Waals surface area contributed by atoms with Gasteiger partial charge in [-0.25, -0.2) is 4.79 Å². The molecule has 2 saturated heterocycles. The molecule has 3 heterocycles. The average molecular weight is 479 g/mol. The Balaban J connectivity index is 1.11. The van der Waals surface area contributed by atoms with Gasteiger partial charge in [-0.3, -0.25) is 9.59 Å². The molecule has 9 nitrogen and oxygen atoms in total. The van der Waals surface area contributed by atoms with Gasteiger partial charge < -0.3 is 29.5 Å². The summed E-state index contributed by atoms with van der Waals surface area (Å²) in [6, 6.07) is 16.5. The number of nitrogens with one attached hydrogen (secondary N) is 1. The quantitative estimate of drug-likeness (QED) is 0.732. The molecule has 4 amide bonds.